The van der Waals surface area contributed by atoms with Crippen molar-refractivity contribution in [1.29, 1.82) is 0 Å². The molecule has 0 radical (unpaired) electrons. The highest BCUT2D eigenvalue weighted by Crippen LogP contribution is 2.23. The molecule has 1 amide bonds. The molecule has 0 bridgehead atoms. The predicted octanol–water partition coefficient (Wildman–Crippen LogP) is 3.71. The molecule has 0 aliphatic heterocycles. The standard InChI is InChI=1S/C19H21N3OS/c1-13-7-9-15(10-8-13)24-14(2)19(23)20-12-11-18-21-16-5-3-4-6-17(16)22-18/h3-10,14H,11-12H2,1-2H3,(H,20,23)(H,21,22)/t14-/m1/s1. The third kappa shape index (κ3) is 4.17. The van der Waals surface area contributed by atoms with Crippen LogP contribution in [0.2, 0.25) is 0 Å². The Morgan fingerprint density at radius 1 is 1.21 bits per heavy atom. The van der Waals surface area contributed by atoms with E-state index in [2.05, 4.69) is 46.5 Å². The number of aromatic nitrogens is 2. The molecule has 0 spiro atoms. The summed E-state index contributed by atoms with van der Waals surface area (Å²) < 4.78 is 0. The number of carbonyl (C=O) groups is 1. The summed E-state index contributed by atoms with van der Waals surface area (Å²) in [6.07, 6.45) is 0.697. The lowest BCUT2D eigenvalue weighted by Crippen LogP contribution is -2.32. The molecule has 124 valence electrons. The fourth-order valence-corrected chi connectivity index (χ4v) is 3.34. The minimum absolute atomic E-state index is 0.0525. The van der Waals surface area contributed by atoms with Gasteiger partial charge in [-0.15, -0.1) is 11.8 Å². The molecule has 5 heteroatoms. The molecule has 2 N–H and O–H groups in total. The number of fused-ring (bicyclic) bond motifs is 1. The summed E-state index contributed by atoms with van der Waals surface area (Å²) in [6, 6.07) is 16.2. The summed E-state index contributed by atoms with van der Waals surface area (Å²) in [5, 5.41) is 2.87. The van der Waals surface area contributed by atoms with Gasteiger partial charge < -0.3 is 10.3 Å². The molecule has 1 atom stereocenters. The summed E-state index contributed by atoms with van der Waals surface area (Å²) in [5.41, 5.74) is 3.21. The van der Waals surface area contributed by atoms with E-state index in [1.165, 1.54) is 5.56 Å². The average Bonchev–Trinajstić information content (AvgIpc) is 2.99. The second-order valence-corrected chi connectivity index (χ2v) is 7.23. The first-order valence-corrected chi connectivity index (χ1v) is 8.94. The fourth-order valence-electron chi connectivity index (χ4n) is 2.45. The number of aromatic amines is 1. The molecule has 24 heavy (non-hydrogen) atoms. The monoisotopic (exact) mass is 339 g/mol. The normalized spacial score (nSPS) is 12.2. The molecule has 3 rings (SSSR count). The summed E-state index contributed by atoms with van der Waals surface area (Å²) >= 11 is 1.57. The largest absolute Gasteiger partial charge is 0.355 e. The molecule has 1 aromatic heterocycles. The summed E-state index contributed by atoms with van der Waals surface area (Å²) in [5.74, 6) is 0.951. The Bertz CT molecular complexity index is 793. The van der Waals surface area contributed by atoms with Gasteiger partial charge in [-0.3, -0.25) is 4.79 Å². The molecule has 0 aliphatic rings. The highest BCUT2D eigenvalue weighted by atomic mass is 32.2. The summed E-state index contributed by atoms with van der Waals surface area (Å²) in [7, 11) is 0. The number of thioether (sulfide) groups is 1. The Hall–Kier alpha value is -2.27. The van der Waals surface area contributed by atoms with E-state index >= 15 is 0 Å². The topological polar surface area (TPSA) is 57.8 Å². The van der Waals surface area contributed by atoms with E-state index in [9.17, 15) is 4.79 Å². The molecule has 3 aromatic rings. The van der Waals surface area contributed by atoms with Crippen LogP contribution in [0.1, 0.15) is 18.3 Å². The van der Waals surface area contributed by atoms with Crippen molar-refractivity contribution in [2.45, 2.75) is 30.4 Å². The molecule has 0 saturated heterocycles. The fraction of sp³-hybridized carbons (Fsp3) is 0.263. The maximum atomic E-state index is 12.2. The number of rotatable bonds is 6. The number of hydrogen-bond acceptors (Lipinski definition) is 3. The van der Waals surface area contributed by atoms with E-state index in [0.717, 1.165) is 21.8 Å². The molecule has 0 saturated carbocycles. The van der Waals surface area contributed by atoms with Gasteiger partial charge in [0.15, 0.2) is 0 Å². The van der Waals surface area contributed by atoms with Crippen LogP contribution in [0.15, 0.2) is 53.4 Å². The van der Waals surface area contributed by atoms with E-state index in [4.69, 9.17) is 0 Å². The molecule has 0 fully saturated rings. The zero-order chi connectivity index (χ0) is 16.9. The Kier molecular flexibility index (Phi) is 5.20. The van der Waals surface area contributed by atoms with Crippen molar-refractivity contribution in [3.05, 3.63) is 59.9 Å². The maximum Gasteiger partial charge on any atom is 0.233 e. The van der Waals surface area contributed by atoms with Gasteiger partial charge in [-0.25, -0.2) is 4.98 Å². The molecule has 2 aromatic carbocycles. The number of H-pyrrole nitrogens is 1. The van der Waals surface area contributed by atoms with Crippen LogP contribution in [-0.4, -0.2) is 27.7 Å². The number of hydrogen-bond donors (Lipinski definition) is 2. The van der Waals surface area contributed by atoms with Crippen LogP contribution in [0.25, 0.3) is 11.0 Å². The molecule has 1 heterocycles. The zero-order valence-electron chi connectivity index (χ0n) is 13.9. The van der Waals surface area contributed by atoms with Crippen LogP contribution in [0, 0.1) is 6.92 Å². The third-order valence-corrected chi connectivity index (χ3v) is 4.91. The number of nitrogens with one attached hydrogen (secondary N) is 2. The lowest BCUT2D eigenvalue weighted by atomic mass is 10.2. The predicted molar refractivity (Wildman–Crippen MR) is 99.3 cm³/mol. The number of nitrogens with zero attached hydrogens (tertiary/aromatic N) is 1. The van der Waals surface area contributed by atoms with E-state index in [-0.39, 0.29) is 11.2 Å². The number of carbonyl (C=O) groups excluding carboxylic acids is 1. The van der Waals surface area contributed by atoms with Gasteiger partial charge in [0.25, 0.3) is 0 Å². The lowest BCUT2D eigenvalue weighted by Gasteiger charge is -2.11. The number of imidazole rings is 1. The van der Waals surface area contributed by atoms with E-state index in [1.54, 1.807) is 11.8 Å². The van der Waals surface area contributed by atoms with Crippen LogP contribution in [0.5, 0.6) is 0 Å². The first kappa shape index (κ1) is 16.6. The minimum atomic E-state index is -0.122. The Morgan fingerprint density at radius 3 is 2.71 bits per heavy atom. The van der Waals surface area contributed by atoms with Gasteiger partial charge in [0.05, 0.1) is 16.3 Å². The number of aryl methyl sites for hydroxylation is 1. The quantitative estimate of drug-likeness (QED) is 0.673. The summed E-state index contributed by atoms with van der Waals surface area (Å²) in [6.45, 7) is 4.57. The Morgan fingerprint density at radius 2 is 1.96 bits per heavy atom. The number of para-hydroxylation sites is 2. The van der Waals surface area contributed by atoms with Crippen molar-refractivity contribution in [3.8, 4) is 0 Å². The SMILES string of the molecule is Cc1ccc(S[C@H](C)C(=O)NCCc2nc3ccccc3[nH]2)cc1. The van der Waals surface area contributed by atoms with Gasteiger partial charge in [0.1, 0.15) is 5.82 Å². The van der Waals surface area contributed by atoms with Gasteiger partial charge in [-0.1, -0.05) is 29.8 Å². The minimum Gasteiger partial charge on any atom is -0.355 e. The van der Waals surface area contributed by atoms with Crippen LogP contribution >= 0.6 is 11.8 Å². The van der Waals surface area contributed by atoms with Crippen molar-refractivity contribution in [2.75, 3.05) is 6.54 Å². The van der Waals surface area contributed by atoms with Gasteiger partial charge in [-0.2, -0.15) is 0 Å². The van der Waals surface area contributed by atoms with Crippen LogP contribution in [-0.2, 0) is 11.2 Å². The first-order valence-electron chi connectivity index (χ1n) is 8.06. The van der Waals surface area contributed by atoms with Gasteiger partial charge >= 0.3 is 0 Å². The molecule has 0 aliphatic carbocycles. The first-order chi connectivity index (χ1) is 11.6. The molecular weight excluding hydrogens is 318 g/mol. The number of amides is 1. The van der Waals surface area contributed by atoms with Crippen molar-refractivity contribution in [3.63, 3.8) is 0 Å². The van der Waals surface area contributed by atoms with Gasteiger partial charge in [0, 0.05) is 17.9 Å². The summed E-state index contributed by atoms with van der Waals surface area (Å²) in [4.78, 5) is 21.1. The second kappa shape index (κ2) is 7.53. The highest BCUT2D eigenvalue weighted by molar-refractivity contribution is 8.00. The zero-order valence-corrected chi connectivity index (χ0v) is 14.7. The van der Waals surface area contributed by atoms with Crippen LogP contribution in [0.3, 0.4) is 0 Å². The highest BCUT2D eigenvalue weighted by Gasteiger charge is 2.14. The lowest BCUT2D eigenvalue weighted by molar-refractivity contribution is -0.120. The molecule has 0 unspecified atom stereocenters. The molecule has 4 nitrogen and oxygen atoms in total. The molecular formula is C19H21N3OS. The van der Waals surface area contributed by atoms with Crippen LogP contribution < -0.4 is 5.32 Å². The van der Waals surface area contributed by atoms with E-state index in [1.807, 2.05) is 31.2 Å². The Labute approximate surface area is 146 Å². The van der Waals surface area contributed by atoms with Crippen molar-refractivity contribution >= 4 is 28.7 Å². The maximum absolute atomic E-state index is 12.2. The van der Waals surface area contributed by atoms with E-state index < -0.39 is 0 Å². The van der Waals surface area contributed by atoms with E-state index in [0.29, 0.717) is 13.0 Å². The smallest absolute Gasteiger partial charge is 0.233 e. The average molecular weight is 339 g/mol. The van der Waals surface area contributed by atoms with Crippen molar-refractivity contribution in [1.82, 2.24) is 15.3 Å². The van der Waals surface area contributed by atoms with Crippen LogP contribution in [0.4, 0.5) is 0 Å². The second-order valence-electron chi connectivity index (χ2n) is 5.81. The third-order valence-electron chi connectivity index (χ3n) is 3.80. The van der Waals surface area contributed by atoms with Gasteiger partial charge in [0.2, 0.25) is 5.91 Å². The van der Waals surface area contributed by atoms with Crippen molar-refractivity contribution in [2.24, 2.45) is 0 Å². The van der Waals surface area contributed by atoms with Gasteiger partial charge in [-0.05, 0) is 38.1 Å². The number of benzene rings is 2. The Balaban J connectivity index is 1.48. The van der Waals surface area contributed by atoms with Crippen molar-refractivity contribution < 1.29 is 4.79 Å².